The van der Waals surface area contributed by atoms with Crippen molar-refractivity contribution in [1.82, 2.24) is 5.32 Å². The third kappa shape index (κ3) is 4.62. The van der Waals surface area contributed by atoms with Gasteiger partial charge in [0.05, 0.1) is 7.11 Å². The van der Waals surface area contributed by atoms with Crippen molar-refractivity contribution in [2.24, 2.45) is 0 Å². The van der Waals surface area contributed by atoms with E-state index in [1.165, 1.54) is 0 Å². The maximum Gasteiger partial charge on any atom is 0.312 e. The van der Waals surface area contributed by atoms with Crippen LogP contribution in [0.4, 0.5) is 0 Å². The lowest BCUT2D eigenvalue weighted by molar-refractivity contribution is -0.140. The monoisotopic (exact) mass is 265 g/mol. The Morgan fingerprint density at radius 1 is 1.37 bits per heavy atom. The van der Waals surface area contributed by atoms with Gasteiger partial charge in [0.25, 0.3) is 0 Å². The van der Waals surface area contributed by atoms with Crippen LogP contribution in [-0.2, 0) is 16.1 Å². The normalized spacial score (nSPS) is 10.3. The van der Waals surface area contributed by atoms with E-state index in [4.69, 9.17) is 9.84 Å². The second-order valence-corrected chi connectivity index (χ2v) is 4.57. The van der Waals surface area contributed by atoms with E-state index in [1.54, 1.807) is 7.11 Å². The van der Waals surface area contributed by atoms with Crippen molar-refractivity contribution in [3.05, 3.63) is 29.3 Å². The number of carboxylic acid groups (broad SMARTS) is 1. The standard InChI is InChI=1S/C14H19NO4/c1-9(2)10-4-5-11(12(6-10)19-3)8-15-13(16)7-14(17)18/h4-6,9H,7-8H2,1-3H3,(H,15,16)(H,17,18). The lowest BCUT2D eigenvalue weighted by Crippen LogP contribution is -2.25. The Bertz CT molecular complexity index is 469. The predicted molar refractivity (Wildman–Crippen MR) is 71.2 cm³/mol. The van der Waals surface area contributed by atoms with Crippen LogP contribution >= 0.6 is 0 Å². The Morgan fingerprint density at radius 2 is 2.05 bits per heavy atom. The van der Waals surface area contributed by atoms with E-state index < -0.39 is 18.3 Å². The van der Waals surface area contributed by atoms with Crippen molar-refractivity contribution >= 4 is 11.9 Å². The molecule has 0 aliphatic carbocycles. The van der Waals surface area contributed by atoms with Gasteiger partial charge in [-0.05, 0) is 17.5 Å². The summed E-state index contributed by atoms with van der Waals surface area (Å²) in [5.41, 5.74) is 1.98. The van der Waals surface area contributed by atoms with E-state index in [2.05, 4.69) is 19.2 Å². The van der Waals surface area contributed by atoms with Crippen LogP contribution in [0.2, 0.25) is 0 Å². The molecule has 5 nitrogen and oxygen atoms in total. The molecule has 0 aromatic heterocycles. The number of amides is 1. The Kier molecular flexibility index (Phi) is 5.36. The van der Waals surface area contributed by atoms with Crippen LogP contribution < -0.4 is 10.1 Å². The largest absolute Gasteiger partial charge is 0.496 e. The molecule has 0 saturated carbocycles. The quantitative estimate of drug-likeness (QED) is 0.770. The molecule has 0 atom stereocenters. The number of methoxy groups -OCH3 is 1. The van der Waals surface area contributed by atoms with E-state index in [1.807, 2.05) is 18.2 Å². The Morgan fingerprint density at radius 3 is 2.58 bits per heavy atom. The zero-order chi connectivity index (χ0) is 14.4. The van der Waals surface area contributed by atoms with Gasteiger partial charge in [-0.3, -0.25) is 9.59 Å². The molecule has 104 valence electrons. The first kappa shape index (κ1) is 15.0. The molecule has 0 unspecified atom stereocenters. The van der Waals surface area contributed by atoms with Crippen molar-refractivity contribution in [3.63, 3.8) is 0 Å². The smallest absolute Gasteiger partial charge is 0.312 e. The molecule has 1 aromatic rings. The van der Waals surface area contributed by atoms with Gasteiger partial charge in [-0.1, -0.05) is 26.0 Å². The first-order valence-electron chi connectivity index (χ1n) is 6.09. The molecule has 0 radical (unpaired) electrons. The molecule has 0 aliphatic heterocycles. The number of hydrogen-bond acceptors (Lipinski definition) is 3. The van der Waals surface area contributed by atoms with Crippen molar-refractivity contribution in [3.8, 4) is 5.75 Å². The zero-order valence-electron chi connectivity index (χ0n) is 11.4. The van der Waals surface area contributed by atoms with Gasteiger partial charge < -0.3 is 15.2 Å². The molecule has 0 spiro atoms. The summed E-state index contributed by atoms with van der Waals surface area (Å²) >= 11 is 0. The molecule has 0 bridgehead atoms. The van der Waals surface area contributed by atoms with Gasteiger partial charge in [-0.2, -0.15) is 0 Å². The second kappa shape index (κ2) is 6.78. The number of hydrogen-bond donors (Lipinski definition) is 2. The minimum absolute atomic E-state index is 0.258. The average Bonchev–Trinajstić information content (AvgIpc) is 2.35. The van der Waals surface area contributed by atoms with Crippen LogP contribution in [0.1, 0.15) is 37.3 Å². The third-order valence-electron chi connectivity index (χ3n) is 2.77. The van der Waals surface area contributed by atoms with Gasteiger partial charge in [0.15, 0.2) is 0 Å². The SMILES string of the molecule is COc1cc(C(C)C)ccc1CNC(=O)CC(=O)O. The van der Waals surface area contributed by atoms with Crippen LogP contribution in [0.25, 0.3) is 0 Å². The van der Waals surface area contributed by atoms with E-state index in [0.717, 1.165) is 11.1 Å². The fraction of sp³-hybridized carbons (Fsp3) is 0.429. The van der Waals surface area contributed by atoms with Gasteiger partial charge in [0.1, 0.15) is 12.2 Å². The number of carbonyl (C=O) groups is 2. The number of carbonyl (C=O) groups excluding carboxylic acids is 1. The van der Waals surface area contributed by atoms with Crippen LogP contribution in [0.15, 0.2) is 18.2 Å². The molecular weight excluding hydrogens is 246 g/mol. The lowest BCUT2D eigenvalue weighted by atomic mass is 10.0. The molecule has 1 rings (SSSR count). The highest BCUT2D eigenvalue weighted by Gasteiger charge is 2.10. The first-order chi connectivity index (χ1) is 8.93. The molecular formula is C14H19NO4. The minimum Gasteiger partial charge on any atom is -0.496 e. The molecule has 0 saturated heterocycles. The molecule has 0 aliphatic rings. The predicted octanol–water partition coefficient (Wildman–Crippen LogP) is 1.91. The summed E-state index contributed by atoms with van der Waals surface area (Å²) in [4.78, 5) is 21.6. The van der Waals surface area contributed by atoms with E-state index in [0.29, 0.717) is 11.7 Å². The molecule has 5 heteroatoms. The fourth-order valence-electron chi connectivity index (χ4n) is 1.66. The van der Waals surface area contributed by atoms with E-state index in [9.17, 15) is 9.59 Å². The Hall–Kier alpha value is -2.04. The van der Waals surface area contributed by atoms with Gasteiger partial charge in [0, 0.05) is 12.1 Å². The van der Waals surface area contributed by atoms with Crippen molar-refractivity contribution in [2.75, 3.05) is 7.11 Å². The van der Waals surface area contributed by atoms with Gasteiger partial charge in [-0.25, -0.2) is 0 Å². The molecule has 0 fully saturated rings. The molecule has 1 amide bonds. The van der Waals surface area contributed by atoms with Crippen molar-refractivity contribution < 1.29 is 19.4 Å². The third-order valence-corrected chi connectivity index (χ3v) is 2.77. The Labute approximate surface area is 112 Å². The van der Waals surface area contributed by atoms with Gasteiger partial charge in [-0.15, -0.1) is 0 Å². The van der Waals surface area contributed by atoms with Crippen LogP contribution in [0, 0.1) is 0 Å². The summed E-state index contributed by atoms with van der Waals surface area (Å²) in [6.45, 7) is 4.43. The summed E-state index contributed by atoms with van der Waals surface area (Å²) in [5, 5.41) is 11.0. The zero-order valence-corrected chi connectivity index (χ0v) is 11.4. The summed E-state index contributed by atoms with van der Waals surface area (Å²) < 4.78 is 5.28. The number of carboxylic acids is 1. The second-order valence-electron chi connectivity index (χ2n) is 4.57. The highest BCUT2D eigenvalue weighted by molar-refractivity contribution is 5.93. The fourth-order valence-corrected chi connectivity index (χ4v) is 1.66. The summed E-state index contributed by atoms with van der Waals surface area (Å²) in [6.07, 6.45) is -0.521. The molecule has 2 N–H and O–H groups in total. The highest BCUT2D eigenvalue weighted by Crippen LogP contribution is 2.24. The summed E-state index contributed by atoms with van der Waals surface area (Å²) in [5.74, 6) is -0.562. The number of nitrogens with one attached hydrogen (secondary N) is 1. The first-order valence-corrected chi connectivity index (χ1v) is 6.09. The highest BCUT2D eigenvalue weighted by atomic mass is 16.5. The maximum absolute atomic E-state index is 11.3. The van der Waals surface area contributed by atoms with Crippen LogP contribution in [0.3, 0.4) is 0 Å². The van der Waals surface area contributed by atoms with Crippen LogP contribution in [-0.4, -0.2) is 24.1 Å². The maximum atomic E-state index is 11.3. The van der Waals surface area contributed by atoms with Crippen molar-refractivity contribution in [2.45, 2.75) is 32.7 Å². The number of ether oxygens (including phenoxy) is 1. The van der Waals surface area contributed by atoms with Crippen LogP contribution in [0.5, 0.6) is 5.75 Å². The van der Waals surface area contributed by atoms with Crippen molar-refractivity contribution in [1.29, 1.82) is 0 Å². The summed E-state index contributed by atoms with van der Waals surface area (Å²) in [7, 11) is 1.57. The molecule has 0 heterocycles. The van der Waals surface area contributed by atoms with Gasteiger partial charge >= 0.3 is 5.97 Å². The molecule has 19 heavy (non-hydrogen) atoms. The van der Waals surface area contributed by atoms with Gasteiger partial charge in [0.2, 0.25) is 5.91 Å². The Balaban J connectivity index is 2.73. The summed E-state index contributed by atoms with van der Waals surface area (Å²) in [6, 6.07) is 5.80. The topological polar surface area (TPSA) is 75.6 Å². The molecule has 1 aromatic carbocycles. The average molecular weight is 265 g/mol. The van der Waals surface area contributed by atoms with E-state index in [-0.39, 0.29) is 6.54 Å². The number of rotatable bonds is 6. The lowest BCUT2D eigenvalue weighted by Gasteiger charge is -2.13. The minimum atomic E-state index is -1.14. The van der Waals surface area contributed by atoms with E-state index >= 15 is 0 Å². The number of aliphatic carboxylic acids is 1. The number of benzene rings is 1.